The highest BCUT2D eigenvalue weighted by Gasteiger charge is 2.35. The highest BCUT2D eigenvalue weighted by molar-refractivity contribution is 5.97. The molecule has 1 atom stereocenters. The van der Waals surface area contributed by atoms with Gasteiger partial charge in [0.15, 0.2) is 0 Å². The van der Waals surface area contributed by atoms with Crippen molar-refractivity contribution in [3.8, 4) is 6.07 Å². The van der Waals surface area contributed by atoms with Crippen LogP contribution in [0.2, 0.25) is 0 Å². The maximum Gasteiger partial charge on any atom is 0.329 e. The summed E-state index contributed by atoms with van der Waals surface area (Å²) in [5.74, 6) is -0.558. The van der Waals surface area contributed by atoms with Gasteiger partial charge in [-0.15, -0.1) is 0 Å². The van der Waals surface area contributed by atoms with Crippen LogP contribution in [0.4, 0.5) is 0 Å². The van der Waals surface area contributed by atoms with E-state index in [2.05, 4.69) is 6.07 Å². The smallest absolute Gasteiger partial charge is 0.329 e. The summed E-state index contributed by atoms with van der Waals surface area (Å²) < 4.78 is 5.41. The summed E-state index contributed by atoms with van der Waals surface area (Å²) in [7, 11) is 0. The Hall–Kier alpha value is -3.13. The van der Waals surface area contributed by atoms with Crippen LogP contribution in [0.25, 0.3) is 0 Å². The fourth-order valence-electron chi connectivity index (χ4n) is 3.15. The molecular formula is C21H20N2O3. The summed E-state index contributed by atoms with van der Waals surface area (Å²) >= 11 is 0. The van der Waals surface area contributed by atoms with Crippen LogP contribution >= 0.6 is 0 Å². The molecule has 0 N–H and O–H groups in total. The van der Waals surface area contributed by atoms with Gasteiger partial charge in [-0.05, 0) is 36.1 Å². The van der Waals surface area contributed by atoms with Crippen LogP contribution in [-0.4, -0.2) is 29.4 Å². The maximum atomic E-state index is 12.8. The van der Waals surface area contributed by atoms with Crippen LogP contribution in [0.3, 0.4) is 0 Å². The number of benzene rings is 2. The Kier molecular flexibility index (Phi) is 5.65. The van der Waals surface area contributed by atoms with E-state index in [9.17, 15) is 9.59 Å². The number of hydrogen-bond donors (Lipinski definition) is 0. The Morgan fingerprint density at radius 3 is 2.65 bits per heavy atom. The van der Waals surface area contributed by atoms with Crippen molar-refractivity contribution in [2.45, 2.75) is 31.9 Å². The summed E-state index contributed by atoms with van der Waals surface area (Å²) in [6.07, 6.45) is 1.63. The predicted molar refractivity (Wildman–Crippen MR) is 96.1 cm³/mol. The molecule has 2 aromatic carbocycles. The molecule has 0 aliphatic carbocycles. The minimum absolute atomic E-state index is 0.191. The molecular weight excluding hydrogens is 328 g/mol. The molecule has 0 saturated carbocycles. The van der Waals surface area contributed by atoms with Crippen molar-refractivity contribution in [2.75, 3.05) is 6.54 Å². The molecule has 2 aromatic rings. The van der Waals surface area contributed by atoms with E-state index in [0.29, 0.717) is 18.5 Å². The zero-order valence-electron chi connectivity index (χ0n) is 14.4. The Balaban J connectivity index is 1.67. The van der Waals surface area contributed by atoms with E-state index in [4.69, 9.17) is 10.00 Å². The van der Waals surface area contributed by atoms with Gasteiger partial charge in [0, 0.05) is 12.1 Å². The van der Waals surface area contributed by atoms with E-state index >= 15 is 0 Å². The fourth-order valence-corrected chi connectivity index (χ4v) is 3.15. The molecule has 1 amide bonds. The molecule has 0 spiro atoms. The summed E-state index contributed by atoms with van der Waals surface area (Å²) in [5, 5.41) is 8.82. The second-order valence-corrected chi connectivity index (χ2v) is 6.29. The van der Waals surface area contributed by atoms with Crippen molar-refractivity contribution >= 4 is 11.9 Å². The third-order valence-electron chi connectivity index (χ3n) is 4.47. The van der Waals surface area contributed by atoms with Gasteiger partial charge >= 0.3 is 5.97 Å². The lowest BCUT2D eigenvalue weighted by Crippen LogP contribution is -2.41. The van der Waals surface area contributed by atoms with Crippen molar-refractivity contribution < 1.29 is 14.3 Å². The standard InChI is InChI=1S/C21H20N2O3/c22-12-11-16-8-4-9-18(14-16)20(24)23-13-5-10-19(23)21(25)26-15-17-6-2-1-3-7-17/h1-4,6-9,14,19H,5,10-11,13,15H2. The summed E-state index contributed by atoms with van der Waals surface area (Å²) in [6.45, 7) is 0.738. The molecule has 132 valence electrons. The minimum atomic E-state index is -0.550. The van der Waals surface area contributed by atoms with Crippen LogP contribution < -0.4 is 0 Å². The second-order valence-electron chi connectivity index (χ2n) is 6.29. The summed E-state index contributed by atoms with van der Waals surface area (Å²) in [5.41, 5.74) is 2.21. The topological polar surface area (TPSA) is 70.4 Å². The van der Waals surface area contributed by atoms with Crippen molar-refractivity contribution in [3.63, 3.8) is 0 Å². The molecule has 0 aromatic heterocycles. The van der Waals surface area contributed by atoms with E-state index in [1.807, 2.05) is 36.4 Å². The molecule has 0 radical (unpaired) electrons. The molecule has 26 heavy (non-hydrogen) atoms. The monoisotopic (exact) mass is 348 g/mol. The zero-order chi connectivity index (χ0) is 18.4. The largest absolute Gasteiger partial charge is 0.459 e. The van der Waals surface area contributed by atoms with E-state index < -0.39 is 6.04 Å². The number of nitrogens with zero attached hydrogens (tertiary/aromatic N) is 2. The molecule has 1 fully saturated rings. The van der Waals surface area contributed by atoms with Crippen molar-refractivity contribution in [2.24, 2.45) is 0 Å². The van der Waals surface area contributed by atoms with Crippen LogP contribution in [0.1, 0.15) is 34.3 Å². The molecule has 0 bridgehead atoms. The highest BCUT2D eigenvalue weighted by Crippen LogP contribution is 2.22. The molecule has 1 unspecified atom stereocenters. The average Bonchev–Trinajstić information content (AvgIpc) is 3.17. The van der Waals surface area contributed by atoms with Crippen molar-refractivity contribution in [1.82, 2.24) is 4.90 Å². The van der Waals surface area contributed by atoms with Gasteiger partial charge in [-0.2, -0.15) is 5.26 Å². The van der Waals surface area contributed by atoms with Crippen molar-refractivity contribution in [3.05, 3.63) is 71.3 Å². The average molecular weight is 348 g/mol. The van der Waals surface area contributed by atoms with Gasteiger partial charge in [-0.3, -0.25) is 4.79 Å². The first-order valence-electron chi connectivity index (χ1n) is 8.66. The maximum absolute atomic E-state index is 12.8. The Morgan fingerprint density at radius 1 is 1.12 bits per heavy atom. The van der Waals surface area contributed by atoms with E-state index in [1.165, 1.54) is 0 Å². The number of ether oxygens (including phenoxy) is 1. The molecule has 5 heteroatoms. The quantitative estimate of drug-likeness (QED) is 0.779. The van der Waals surface area contributed by atoms with E-state index in [0.717, 1.165) is 17.5 Å². The van der Waals surface area contributed by atoms with Gasteiger partial charge in [0.2, 0.25) is 0 Å². The van der Waals surface area contributed by atoms with Crippen LogP contribution in [0.15, 0.2) is 54.6 Å². The summed E-state index contributed by atoms with van der Waals surface area (Å²) in [6, 6.07) is 18.0. The van der Waals surface area contributed by atoms with Crippen molar-refractivity contribution in [1.29, 1.82) is 5.26 Å². The first-order chi connectivity index (χ1) is 12.7. The number of carbonyl (C=O) groups is 2. The molecule has 5 nitrogen and oxygen atoms in total. The first kappa shape index (κ1) is 17.7. The lowest BCUT2D eigenvalue weighted by Gasteiger charge is -2.23. The van der Waals surface area contributed by atoms with Gasteiger partial charge in [0.1, 0.15) is 12.6 Å². The van der Waals surface area contributed by atoms with Gasteiger partial charge in [0.25, 0.3) is 5.91 Å². The lowest BCUT2D eigenvalue weighted by atomic mass is 10.1. The normalized spacial score (nSPS) is 16.1. The number of hydrogen-bond acceptors (Lipinski definition) is 4. The molecule has 1 aliphatic heterocycles. The fraction of sp³-hybridized carbons (Fsp3) is 0.286. The molecule has 1 aliphatic rings. The number of likely N-dealkylation sites (tertiary alicyclic amines) is 1. The first-order valence-corrected chi connectivity index (χ1v) is 8.66. The molecule has 3 rings (SSSR count). The van der Waals surface area contributed by atoms with Crippen LogP contribution in [-0.2, 0) is 22.6 Å². The Bertz CT molecular complexity index is 827. The van der Waals surface area contributed by atoms with Gasteiger partial charge in [-0.25, -0.2) is 4.79 Å². The number of carbonyl (C=O) groups excluding carboxylic acids is 2. The third kappa shape index (κ3) is 4.09. The molecule has 1 saturated heterocycles. The molecule has 1 heterocycles. The number of nitriles is 1. The third-order valence-corrected chi connectivity index (χ3v) is 4.47. The lowest BCUT2D eigenvalue weighted by molar-refractivity contribution is -0.149. The highest BCUT2D eigenvalue weighted by atomic mass is 16.5. The number of rotatable bonds is 5. The van der Waals surface area contributed by atoms with E-state index in [-0.39, 0.29) is 24.9 Å². The zero-order valence-corrected chi connectivity index (χ0v) is 14.4. The number of esters is 1. The van der Waals surface area contributed by atoms with Gasteiger partial charge in [0.05, 0.1) is 12.5 Å². The van der Waals surface area contributed by atoms with E-state index in [1.54, 1.807) is 23.1 Å². The number of amides is 1. The SMILES string of the molecule is N#CCc1cccc(C(=O)N2CCCC2C(=O)OCc2ccccc2)c1. The Labute approximate surface area is 152 Å². The van der Waals surface area contributed by atoms with Crippen LogP contribution in [0.5, 0.6) is 0 Å². The van der Waals surface area contributed by atoms with Gasteiger partial charge < -0.3 is 9.64 Å². The van der Waals surface area contributed by atoms with Crippen LogP contribution in [0, 0.1) is 11.3 Å². The Morgan fingerprint density at radius 2 is 1.88 bits per heavy atom. The predicted octanol–water partition coefficient (Wildman–Crippen LogP) is 3.10. The second kappa shape index (κ2) is 8.30. The minimum Gasteiger partial charge on any atom is -0.459 e. The van der Waals surface area contributed by atoms with Gasteiger partial charge in [-0.1, -0.05) is 42.5 Å². The summed E-state index contributed by atoms with van der Waals surface area (Å²) in [4.78, 5) is 26.9.